The van der Waals surface area contributed by atoms with Gasteiger partial charge in [-0.1, -0.05) is 53.7 Å². The number of hydrogen-bond donors (Lipinski definition) is 2. The van der Waals surface area contributed by atoms with E-state index >= 15 is 0 Å². The summed E-state index contributed by atoms with van der Waals surface area (Å²) in [5.41, 5.74) is 5.31. The summed E-state index contributed by atoms with van der Waals surface area (Å²) in [5, 5.41) is 16.6. The molecule has 0 spiro atoms. The largest absolute Gasteiger partial charge is 0.481 e. The van der Waals surface area contributed by atoms with Crippen LogP contribution >= 0.6 is 12.4 Å². The van der Waals surface area contributed by atoms with E-state index in [1.54, 1.807) is 0 Å². The van der Waals surface area contributed by atoms with Gasteiger partial charge < -0.3 is 15.3 Å². The number of nitrogens with zero attached hydrogens (tertiary/aromatic N) is 1. The first-order chi connectivity index (χ1) is 13.7. The molecule has 0 saturated carbocycles. The number of halogens is 1. The molecule has 0 aromatic heterocycles. The Balaban J connectivity index is 0.00000240. The Kier molecular flexibility index (Phi) is 7.29. The minimum atomic E-state index is -0.726. The van der Waals surface area contributed by atoms with E-state index in [1.807, 2.05) is 6.21 Å². The van der Waals surface area contributed by atoms with Gasteiger partial charge in [-0.2, -0.15) is 0 Å². The summed E-state index contributed by atoms with van der Waals surface area (Å²) in [6.07, 6.45) is 5.46. The number of piperidine rings is 1. The molecule has 0 unspecified atom stereocenters. The predicted molar refractivity (Wildman–Crippen MR) is 116 cm³/mol. The molecule has 29 heavy (non-hydrogen) atoms. The molecule has 6 heteroatoms. The van der Waals surface area contributed by atoms with Crippen molar-refractivity contribution in [2.24, 2.45) is 11.1 Å². The van der Waals surface area contributed by atoms with Crippen LogP contribution in [0.1, 0.15) is 41.0 Å². The van der Waals surface area contributed by atoms with Crippen molar-refractivity contribution in [1.82, 2.24) is 5.32 Å². The van der Waals surface area contributed by atoms with Gasteiger partial charge in [0.2, 0.25) is 0 Å². The number of rotatable bonds is 5. The second-order valence-electron chi connectivity index (χ2n) is 7.64. The average molecular weight is 415 g/mol. The number of hydrogen-bond acceptors (Lipinski definition) is 4. The lowest BCUT2D eigenvalue weighted by atomic mass is 9.89. The van der Waals surface area contributed by atoms with Crippen LogP contribution in [0.15, 0.2) is 53.7 Å². The Bertz CT molecular complexity index is 815. The highest BCUT2D eigenvalue weighted by Crippen LogP contribution is 2.33. The molecule has 4 rings (SSSR count). The fraction of sp³-hybridized carbons (Fsp3) is 0.391. The maximum atomic E-state index is 11.0. The molecular formula is C23H27ClN2O3. The molecule has 1 saturated heterocycles. The molecular weight excluding hydrogens is 388 g/mol. The quantitative estimate of drug-likeness (QED) is 0.576. The molecule has 2 aromatic rings. The monoisotopic (exact) mass is 414 g/mol. The number of carbonyl (C=O) groups is 1. The zero-order valence-electron chi connectivity index (χ0n) is 16.3. The van der Waals surface area contributed by atoms with Crippen molar-refractivity contribution in [2.75, 3.05) is 13.2 Å². The SMILES string of the molecule is Cl.O=C(O)[C@@H]1CC[C@@H](CO/N=C/C2c3ccccc3CCc3ccccc32)NC1. The van der Waals surface area contributed by atoms with Gasteiger partial charge in [0.1, 0.15) is 6.61 Å². The molecule has 0 bridgehead atoms. The topological polar surface area (TPSA) is 70.9 Å². The molecule has 1 fully saturated rings. The summed E-state index contributed by atoms with van der Waals surface area (Å²) in [4.78, 5) is 16.6. The number of nitrogens with one attached hydrogen (secondary N) is 1. The van der Waals surface area contributed by atoms with Crippen LogP contribution in [0.4, 0.5) is 0 Å². The van der Waals surface area contributed by atoms with Crippen LogP contribution in [-0.4, -0.2) is 36.5 Å². The molecule has 2 atom stereocenters. The van der Waals surface area contributed by atoms with Crippen molar-refractivity contribution in [3.8, 4) is 0 Å². The van der Waals surface area contributed by atoms with Gasteiger partial charge in [0.25, 0.3) is 0 Å². The minimum absolute atomic E-state index is 0. The van der Waals surface area contributed by atoms with E-state index in [4.69, 9.17) is 9.94 Å². The zero-order valence-corrected chi connectivity index (χ0v) is 17.1. The Morgan fingerprint density at radius 2 is 1.69 bits per heavy atom. The summed E-state index contributed by atoms with van der Waals surface area (Å²) in [5.74, 6) is -0.931. The lowest BCUT2D eigenvalue weighted by molar-refractivity contribution is -0.142. The maximum Gasteiger partial charge on any atom is 0.307 e. The van der Waals surface area contributed by atoms with Crippen molar-refractivity contribution >= 4 is 24.6 Å². The molecule has 0 radical (unpaired) electrons. The van der Waals surface area contributed by atoms with Crippen molar-refractivity contribution in [1.29, 1.82) is 0 Å². The maximum absolute atomic E-state index is 11.0. The van der Waals surface area contributed by atoms with E-state index in [1.165, 1.54) is 22.3 Å². The smallest absolute Gasteiger partial charge is 0.307 e. The normalized spacial score (nSPS) is 21.5. The van der Waals surface area contributed by atoms with Gasteiger partial charge in [0, 0.05) is 18.5 Å². The van der Waals surface area contributed by atoms with Crippen LogP contribution in [0.5, 0.6) is 0 Å². The van der Waals surface area contributed by atoms with Crippen LogP contribution in [0.3, 0.4) is 0 Å². The number of aliphatic carboxylic acids is 1. The molecule has 1 heterocycles. The molecule has 5 nitrogen and oxygen atoms in total. The van der Waals surface area contributed by atoms with E-state index in [2.05, 4.69) is 59.0 Å². The predicted octanol–water partition coefficient (Wildman–Crippen LogP) is 3.79. The van der Waals surface area contributed by atoms with E-state index in [0.717, 1.165) is 19.3 Å². The number of benzene rings is 2. The van der Waals surface area contributed by atoms with E-state index in [0.29, 0.717) is 19.6 Å². The highest BCUT2D eigenvalue weighted by molar-refractivity contribution is 5.85. The lowest BCUT2D eigenvalue weighted by Crippen LogP contribution is -2.43. The van der Waals surface area contributed by atoms with Crippen LogP contribution in [0.2, 0.25) is 0 Å². The standard InChI is InChI=1S/C23H26N2O3.ClH/c26-23(27)18-11-12-19(24-13-18)15-28-25-14-22-20-7-3-1-5-16(20)9-10-17-6-2-4-8-21(17)22;/h1-8,14,18-19,22,24H,9-13,15H2,(H,26,27);1H/b25-14+;/t18-,19+;/m1./s1. The minimum Gasteiger partial charge on any atom is -0.481 e. The third kappa shape index (κ3) is 4.98. The molecule has 0 amide bonds. The lowest BCUT2D eigenvalue weighted by Gasteiger charge is -2.26. The van der Waals surface area contributed by atoms with Gasteiger partial charge in [0.05, 0.1) is 12.1 Å². The van der Waals surface area contributed by atoms with Crippen LogP contribution < -0.4 is 5.32 Å². The summed E-state index contributed by atoms with van der Waals surface area (Å²) >= 11 is 0. The molecule has 154 valence electrons. The van der Waals surface area contributed by atoms with Gasteiger partial charge in [-0.3, -0.25) is 4.79 Å². The highest BCUT2D eigenvalue weighted by atomic mass is 35.5. The van der Waals surface area contributed by atoms with Gasteiger partial charge >= 0.3 is 5.97 Å². The van der Waals surface area contributed by atoms with Gasteiger partial charge in [-0.05, 0) is 47.9 Å². The number of oxime groups is 1. The number of aryl methyl sites for hydroxylation is 2. The van der Waals surface area contributed by atoms with Gasteiger partial charge in [0.15, 0.2) is 0 Å². The number of fused-ring (bicyclic) bond motifs is 2. The average Bonchev–Trinajstić information content (AvgIpc) is 2.89. The molecule has 2 aromatic carbocycles. The molecule has 2 aliphatic rings. The third-order valence-electron chi connectivity index (χ3n) is 5.87. The Labute approximate surface area is 177 Å². The summed E-state index contributed by atoms with van der Waals surface area (Å²) in [6.45, 7) is 0.954. The third-order valence-corrected chi connectivity index (χ3v) is 5.87. The van der Waals surface area contributed by atoms with Crippen LogP contribution in [0, 0.1) is 5.92 Å². The van der Waals surface area contributed by atoms with E-state index < -0.39 is 5.97 Å². The first-order valence-corrected chi connectivity index (χ1v) is 9.99. The Hall–Kier alpha value is -2.37. The second kappa shape index (κ2) is 9.90. The Morgan fingerprint density at radius 1 is 1.07 bits per heavy atom. The van der Waals surface area contributed by atoms with Crippen molar-refractivity contribution in [2.45, 2.75) is 37.6 Å². The molecule has 1 aliphatic heterocycles. The fourth-order valence-corrected chi connectivity index (χ4v) is 4.23. The van der Waals surface area contributed by atoms with Gasteiger partial charge in [-0.25, -0.2) is 0 Å². The van der Waals surface area contributed by atoms with Crippen molar-refractivity contribution < 1.29 is 14.7 Å². The summed E-state index contributed by atoms with van der Waals surface area (Å²) in [6, 6.07) is 17.3. The van der Waals surface area contributed by atoms with Crippen LogP contribution in [0.25, 0.3) is 0 Å². The fourth-order valence-electron chi connectivity index (χ4n) is 4.23. The van der Waals surface area contributed by atoms with E-state index in [9.17, 15) is 4.79 Å². The number of carboxylic acid groups (broad SMARTS) is 1. The molecule has 1 aliphatic carbocycles. The molecule has 2 N–H and O–H groups in total. The van der Waals surface area contributed by atoms with E-state index in [-0.39, 0.29) is 30.3 Å². The second-order valence-corrected chi connectivity index (χ2v) is 7.64. The van der Waals surface area contributed by atoms with Gasteiger partial charge in [-0.15, -0.1) is 12.4 Å². The summed E-state index contributed by atoms with van der Waals surface area (Å²) in [7, 11) is 0. The first kappa shape index (κ1) is 21.3. The number of carboxylic acids is 1. The van der Waals surface area contributed by atoms with Crippen LogP contribution in [-0.2, 0) is 22.5 Å². The first-order valence-electron chi connectivity index (χ1n) is 9.99. The zero-order chi connectivity index (χ0) is 19.3. The van der Waals surface area contributed by atoms with Crippen molar-refractivity contribution in [3.05, 3.63) is 70.8 Å². The summed E-state index contributed by atoms with van der Waals surface area (Å²) < 4.78 is 0. The van der Waals surface area contributed by atoms with Crippen molar-refractivity contribution in [3.63, 3.8) is 0 Å². The highest BCUT2D eigenvalue weighted by Gasteiger charge is 2.26. The Morgan fingerprint density at radius 3 is 2.24 bits per heavy atom.